The zero-order valence-corrected chi connectivity index (χ0v) is 12.5. The Morgan fingerprint density at radius 2 is 2.16 bits per heavy atom. The van der Waals surface area contributed by atoms with E-state index in [0.29, 0.717) is 23.8 Å². The zero-order valence-electron chi connectivity index (χ0n) is 10.9. The molecule has 0 aliphatic carbocycles. The van der Waals surface area contributed by atoms with Gasteiger partial charge in [-0.1, -0.05) is 22.0 Å². The molecule has 2 aromatic rings. The van der Waals surface area contributed by atoms with Crippen LogP contribution in [0.3, 0.4) is 0 Å². The Hall–Kier alpha value is -1.36. The topological polar surface area (TPSA) is 44.9 Å². The minimum Gasteiger partial charge on any atom is -0.356 e. The average molecular weight is 327 g/mol. The number of fused-ring (bicyclic) bond motifs is 1. The van der Waals surface area contributed by atoms with Gasteiger partial charge >= 0.3 is 0 Å². The number of hydrogen-bond acceptors (Lipinski definition) is 1. The maximum absolute atomic E-state index is 13.8. The second-order valence-corrected chi connectivity index (χ2v) is 5.14. The lowest BCUT2D eigenvalue weighted by molar-refractivity contribution is -0.118. The largest absolute Gasteiger partial charge is 0.356 e. The molecule has 0 aliphatic rings. The Morgan fingerprint density at radius 1 is 1.42 bits per heavy atom. The Morgan fingerprint density at radius 3 is 2.84 bits per heavy atom. The molecule has 0 aliphatic heterocycles. The van der Waals surface area contributed by atoms with Gasteiger partial charge in [-0.15, -0.1) is 0 Å². The summed E-state index contributed by atoms with van der Waals surface area (Å²) in [6.45, 7) is 4.45. The summed E-state index contributed by atoms with van der Waals surface area (Å²) in [6.07, 6.45) is 0.689. The molecule has 0 saturated carbocycles. The number of alkyl halides is 1. The number of aromatic amines is 1. The molecule has 0 bridgehead atoms. The van der Waals surface area contributed by atoms with E-state index in [-0.39, 0.29) is 11.7 Å². The highest BCUT2D eigenvalue weighted by atomic mass is 79.9. The van der Waals surface area contributed by atoms with E-state index in [1.807, 2.05) is 13.8 Å². The van der Waals surface area contributed by atoms with Gasteiger partial charge in [0.2, 0.25) is 5.91 Å². The van der Waals surface area contributed by atoms with E-state index < -0.39 is 0 Å². The summed E-state index contributed by atoms with van der Waals surface area (Å²) in [5, 5.41) is 4.04. The fraction of sp³-hybridized carbons (Fsp3) is 0.357. The van der Waals surface area contributed by atoms with Crippen molar-refractivity contribution in [3.63, 3.8) is 0 Å². The monoisotopic (exact) mass is 326 g/mol. The highest BCUT2D eigenvalue weighted by Gasteiger charge is 2.13. The third-order valence-electron chi connectivity index (χ3n) is 3.25. The molecule has 1 heterocycles. The van der Waals surface area contributed by atoms with Gasteiger partial charge in [0, 0.05) is 17.6 Å². The maximum Gasteiger partial charge on any atom is 0.230 e. The number of carbonyl (C=O) groups excluding carboxylic acids is 1. The molecule has 19 heavy (non-hydrogen) atoms. The normalized spacial score (nSPS) is 10.9. The van der Waals surface area contributed by atoms with Crippen LogP contribution in [0.1, 0.15) is 16.8 Å². The standard InChI is InChI=1S/C14H16BrFN2O/c1-8-3-4-11(16)14-13(8)10(9(2)18-14)5-6-17-12(19)7-15/h3-4,18H,5-7H2,1-2H3,(H,17,19). The number of aromatic nitrogens is 1. The van der Waals surface area contributed by atoms with Gasteiger partial charge in [-0.25, -0.2) is 4.39 Å². The van der Waals surface area contributed by atoms with Crippen LogP contribution in [0.25, 0.3) is 10.9 Å². The molecule has 5 heteroatoms. The molecule has 0 spiro atoms. The quantitative estimate of drug-likeness (QED) is 0.833. The first-order valence-corrected chi connectivity index (χ1v) is 7.25. The number of hydrogen-bond donors (Lipinski definition) is 2. The molecule has 0 saturated heterocycles. The molecule has 0 radical (unpaired) electrons. The second kappa shape index (κ2) is 5.74. The van der Waals surface area contributed by atoms with Crippen LogP contribution in [0.4, 0.5) is 4.39 Å². The lowest BCUT2D eigenvalue weighted by Gasteiger charge is -2.05. The minimum absolute atomic E-state index is 0.0413. The van der Waals surface area contributed by atoms with E-state index in [9.17, 15) is 9.18 Å². The van der Waals surface area contributed by atoms with Crippen LogP contribution < -0.4 is 5.32 Å². The van der Waals surface area contributed by atoms with E-state index in [2.05, 4.69) is 26.2 Å². The summed E-state index contributed by atoms with van der Waals surface area (Å²) in [5.41, 5.74) is 3.63. The van der Waals surface area contributed by atoms with E-state index >= 15 is 0 Å². The van der Waals surface area contributed by atoms with Crippen LogP contribution in [0.15, 0.2) is 12.1 Å². The number of amides is 1. The van der Waals surface area contributed by atoms with Crippen molar-refractivity contribution in [2.75, 3.05) is 11.9 Å². The third kappa shape index (κ3) is 2.81. The van der Waals surface area contributed by atoms with Gasteiger partial charge in [0.15, 0.2) is 0 Å². The predicted octanol–water partition coefficient (Wildman–Crippen LogP) is 2.98. The predicted molar refractivity (Wildman–Crippen MR) is 78.2 cm³/mol. The molecular weight excluding hydrogens is 311 g/mol. The average Bonchev–Trinajstić information content (AvgIpc) is 2.72. The summed E-state index contributed by atoms with van der Waals surface area (Å²) in [5.74, 6) is -0.278. The molecule has 1 aromatic heterocycles. The molecule has 3 nitrogen and oxygen atoms in total. The molecule has 2 N–H and O–H groups in total. The fourth-order valence-corrected chi connectivity index (χ4v) is 2.53. The van der Waals surface area contributed by atoms with Crippen LogP contribution in [0.2, 0.25) is 0 Å². The molecule has 2 rings (SSSR count). The smallest absolute Gasteiger partial charge is 0.230 e. The van der Waals surface area contributed by atoms with Crippen molar-refractivity contribution in [3.05, 3.63) is 34.8 Å². The summed E-state index contributed by atoms with van der Waals surface area (Å²) < 4.78 is 13.8. The number of halogens is 2. The number of aryl methyl sites for hydroxylation is 2. The van der Waals surface area contributed by atoms with Gasteiger partial charge in [-0.2, -0.15) is 0 Å². The highest BCUT2D eigenvalue weighted by molar-refractivity contribution is 9.09. The van der Waals surface area contributed by atoms with Crippen molar-refractivity contribution in [2.24, 2.45) is 0 Å². The molecular formula is C14H16BrFN2O. The SMILES string of the molecule is Cc1[nH]c2c(F)ccc(C)c2c1CCNC(=O)CBr. The maximum atomic E-state index is 13.8. The van der Waals surface area contributed by atoms with Gasteiger partial charge in [0.05, 0.1) is 10.8 Å². The number of carbonyl (C=O) groups is 1. The van der Waals surface area contributed by atoms with E-state index in [1.54, 1.807) is 6.07 Å². The molecule has 0 fully saturated rings. The van der Waals surface area contributed by atoms with Gasteiger partial charge in [-0.3, -0.25) is 4.79 Å². The van der Waals surface area contributed by atoms with Crippen molar-refractivity contribution in [2.45, 2.75) is 20.3 Å². The number of nitrogens with one attached hydrogen (secondary N) is 2. The molecule has 102 valence electrons. The zero-order chi connectivity index (χ0) is 14.0. The lowest BCUT2D eigenvalue weighted by Crippen LogP contribution is -2.26. The Balaban J connectivity index is 2.30. The Labute approximate surface area is 119 Å². The van der Waals surface area contributed by atoms with Crippen molar-refractivity contribution in [1.82, 2.24) is 10.3 Å². The van der Waals surface area contributed by atoms with Crippen LogP contribution >= 0.6 is 15.9 Å². The first kappa shape index (κ1) is 14.1. The summed E-state index contributed by atoms with van der Waals surface area (Å²) >= 11 is 3.10. The van der Waals surface area contributed by atoms with E-state index in [1.165, 1.54) is 6.07 Å². The fourth-order valence-electron chi connectivity index (χ4n) is 2.33. The van der Waals surface area contributed by atoms with Gasteiger partial charge in [0.1, 0.15) is 5.82 Å². The van der Waals surface area contributed by atoms with Gasteiger partial charge < -0.3 is 10.3 Å². The van der Waals surface area contributed by atoms with Crippen molar-refractivity contribution < 1.29 is 9.18 Å². The minimum atomic E-state index is -0.237. The highest BCUT2D eigenvalue weighted by Crippen LogP contribution is 2.27. The molecule has 0 unspecified atom stereocenters. The Bertz CT molecular complexity index is 621. The summed E-state index contributed by atoms with van der Waals surface area (Å²) in [6, 6.07) is 3.26. The number of H-pyrrole nitrogens is 1. The van der Waals surface area contributed by atoms with Crippen molar-refractivity contribution in [1.29, 1.82) is 0 Å². The van der Waals surface area contributed by atoms with Crippen molar-refractivity contribution in [3.8, 4) is 0 Å². The van der Waals surface area contributed by atoms with Crippen LogP contribution in [-0.2, 0) is 11.2 Å². The number of rotatable bonds is 4. The summed E-state index contributed by atoms with van der Waals surface area (Å²) in [7, 11) is 0. The Kier molecular flexibility index (Phi) is 4.24. The third-order valence-corrected chi connectivity index (χ3v) is 3.76. The van der Waals surface area contributed by atoms with Crippen LogP contribution in [0.5, 0.6) is 0 Å². The molecule has 1 amide bonds. The second-order valence-electron chi connectivity index (χ2n) is 4.58. The molecule has 0 atom stereocenters. The number of benzene rings is 1. The first-order chi connectivity index (χ1) is 9.04. The van der Waals surface area contributed by atoms with E-state index in [4.69, 9.17) is 0 Å². The lowest BCUT2D eigenvalue weighted by atomic mass is 10.0. The van der Waals surface area contributed by atoms with Crippen LogP contribution in [-0.4, -0.2) is 22.8 Å². The van der Waals surface area contributed by atoms with E-state index in [0.717, 1.165) is 22.2 Å². The van der Waals surface area contributed by atoms with Gasteiger partial charge in [0.25, 0.3) is 0 Å². The van der Waals surface area contributed by atoms with Gasteiger partial charge in [-0.05, 0) is 37.5 Å². The van der Waals surface area contributed by atoms with Crippen molar-refractivity contribution >= 4 is 32.7 Å². The summed E-state index contributed by atoms with van der Waals surface area (Å²) in [4.78, 5) is 14.3. The first-order valence-electron chi connectivity index (χ1n) is 6.13. The molecule has 1 aromatic carbocycles. The van der Waals surface area contributed by atoms with Crippen LogP contribution in [0, 0.1) is 19.7 Å².